The quantitative estimate of drug-likeness (QED) is 0.527. The van der Waals surface area contributed by atoms with Gasteiger partial charge in [-0.1, -0.05) is 19.8 Å². The maximum atomic E-state index is 5.34. The second-order valence-corrected chi connectivity index (χ2v) is 3.03. The lowest BCUT2D eigenvalue weighted by atomic mass is 9.86. The fourth-order valence-corrected chi connectivity index (χ4v) is 1.56. The normalized spacial score (nSPS) is 36.7. The molecule has 1 fully saturated rings. The first-order valence-electron chi connectivity index (χ1n) is 3.80. The first-order chi connectivity index (χ1) is 4.34. The summed E-state index contributed by atoms with van der Waals surface area (Å²) < 4.78 is 0. The summed E-state index contributed by atoms with van der Waals surface area (Å²) in [6.07, 6.45) is 5.34. The first-order valence-corrected chi connectivity index (χ1v) is 3.80. The summed E-state index contributed by atoms with van der Waals surface area (Å²) >= 11 is 0. The maximum absolute atomic E-state index is 5.34. The molecule has 0 heterocycles. The van der Waals surface area contributed by atoms with Crippen molar-refractivity contribution >= 4 is 0 Å². The molecule has 0 aromatic rings. The summed E-state index contributed by atoms with van der Waals surface area (Å²) in [5.41, 5.74) is 0. The third-order valence-electron chi connectivity index (χ3n) is 2.33. The van der Waals surface area contributed by atoms with Gasteiger partial charge in [-0.25, -0.2) is 0 Å². The van der Waals surface area contributed by atoms with Crippen molar-refractivity contribution in [2.75, 3.05) is 0 Å². The summed E-state index contributed by atoms with van der Waals surface area (Å²) in [6, 6.07) is 0.582. The van der Waals surface area contributed by atoms with Crippen LogP contribution < -0.4 is 5.32 Å². The Balaban J connectivity index is 2.30. The summed E-state index contributed by atoms with van der Waals surface area (Å²) in [4.78, 5) is 0. The van der Waals surface area contributed by atoms with E-state index in [4.69, 9.17) is 7.05 Å². The highest BCUT2D eigenvalue weighted by atomic mass is 14.9. The molecular formula is C8H15N. The molecule has 0 saturated heterocycles. The molecule has 0 bridgehead atoms. The smallest absolute Gasteiger partial charge is 0.0409 e. The van der Waals surface area contributed by atoms with Crippen LogP contribution in [0, 0.1) is 13.0 Å². The van der Waals surface area contributed by atoms with Crippen LogP contribution in [-0.4, -0.2) is 6.04 Å². The van der Waals surface area contributed by atoms with E-state index in [0.29, 0.717) is 6.04 Å². The maximum Gasteiger partial charge on any atom is 0.0409 e. The van der Waals surface area contributed by atoms with Gasteiger partial charge in [0.25, 0.3) is 0 Å². The predicted molar refractivity (Wildman–Crippen MR) is 38.9 cm³/mol. The monoisotopic (exact) mass is 125 g/mol. The zero-order valence-electron chi connectivity index (χ0n) is 6.06. The molecule has 1 saturated carbocycles. The molecule has 9 heavy (non-hydrogen) atoms. The fourth-order valence-electron chi connectivity index (χ4n) is 1.56. The van der Waals surface area contributed by atoms with Gasteiger partial charge in [-0.15, -0.1) is 0 Å². The molecule has 0 aromatic heterocycles. The van der Waals surface area contributed by atoms with E-state index in [2.05, 4.69) is 12.2 Å². The van der Waals surface area contributed by atoms with Crippen molar-refractivity contribution in [3.8, 4) is 0 Å². The van der Waals surface area contributed by atoms with Gasteiger partial charge < -0.3 is 5.32 Å². The summed E-state index contributed by atoms with van der Waals surface area (Å²) in [7, 11) is 5.34. The molecule has 52 valence electrons. The van der Waals surface area contributed by atoms with Gasteiger partial charge in [0.15, 0.2) is 0 Å². The van der Waals surface area contributed by atoms with Gasteiger partial charge >= 0.3 is 0 Å². The van der Waals surface area contributed by atoms with Crippen LogP contribution in [0.25, 0.3) is 0 Å². The van der Waals surface area contributed by atoms with E-state index in [9.17, 15) is 0 Å². The number of hydrogen-bond acceptors (Lipinski definition) is 1. The van der Waals surface area contributed by atoms with Crippen molar-refractivity contribution in [1.29, 1.82) is 0 Å². The van der Waals surface area contributed by atoms with Crippen molar-refractivity contribution in [3.05, 3.63) is 7.05 Å². The van der Waals surface area contributed by atoms with E-state index >= 15 is 0 Å². The molecular weight excluding hydrogens is 110 g/mol. The van der Waals surface area contributed by atoms with Crippen LogP contribution >= 0.6 is 0 Å². The van der Waals surface area contributed by atoms with Gasteiger partial charge in [-0.2, -0.15) is 0 Å². The van der Waals surface area contributed by atoms with Crippen LogP contribution in [-0.2, 0) is 0 Å². The Morgan fingerprint density at radius 3 is 2.44 bits per heavy atom. The van der Waals surface area contributed by atoms with Gasteiger partial charge in [0.1, 0.15) is 0 Å². The minimum atomic E-state index is 0.582. The average Bonchev–Trinajstić information content (AvgIpc) is 1.89. The third kappa shape index (κ3) is 1.68. The molecule has 1 N–H and O–H groups in total. The van der Waals surface area contributed by atoms with E-state index in [1.807, 2.05) is 0 Å². The van der Waals surface area contributed by atoms with Crippen molar-refractivity contribution in [2.45, 2.75) is 38.6 Å². The Hall–Kier alpha value is -0.0400. The molecule has 2 radical (unpaired) electrons. The predicted octanol–water partition coefficient (Wildman–Crippen LogP) is 1.82. The van der Waals surface area contributed by atoms with Gasteiger partial charge in [0.05, 0.1) is 0 Å². The Bertz CT molecular complexity index is 80.6. The summed E-state index contributed by atoms with van der Waals surface area (Å²) in [5.74, 6) is 0.781. The summed E-state index contributed by atoms with van der Waals surface area (Å²) in [5, 5.41) is 2.85. The molecule has 1 aliphatic rings. The lowest BCUT2D eigenvalue weighted by Crippen LogP contribution is -2.33. The first kappa shape index (κ1) is 7.07. The van der Waals surface area contributed by atoms with Crippen molar-refractivity contribution < 1.29 is 0 Å². The molecule has 1 aliphatic carbocycles. The highest BCUT2D eigenvalue weighted by Crippen LogP contribution is 2.23. The Kier molecular flexibility index (Phi) is 2.52. The highest BCUT2D eigenvalue weighted by molar-refractivity contribution is 4.77. The lowest BCUT2D eigenvalue weighted by molar-refractivity contribution is 0.301. The number of nitrogens with one attached hydrogen (secondary N) is 1. The third-order valence-corrected chi connectivity index (χ3v) is 2.33. The van der Waals surface area contributed by atoms with Gasteiger partial charge in [0.2, 0.25) is 0 Å². The van der Waals surface area contributed by atoms with Crippen molar-refractivity contribution in [3.63, 3.8) is 0 Å². The molecule has 0 aliphatic heterocycles. The number of hydrogen-bond donors (Lipinski definition) is 1. The Morgan fingerprint density at radius 1 is 1.33 bits per heavy atom. The highest BCUT2D eigenvalue weighted by Gasteiger charge is 2.18. The SMILES string of the molecule is [CH]NC1CCCCC1C. The second kappa shape index (κ2) is 3.21. The second-order valence-electron chi connectivity index (χ2n) is 3.03. The van der Waals surface area contributed by atoms with Crippen molar-refractivity contribution in [2.24, 2.45) is 5.92 Å². The van der Waals surface area contributed by atoms with Crippen LogP contribution in [0.1, 0.15) is 32.6 Å². The summed E-state index contributed by atoms with van der Waals surface area (Å²) in [6.45, 7) is 2.27. The molecule has 0 aromatic carbocycles. The van der Waals surface area contributed by atoms with E-state index < -0.39 is 0 Å². The number of rotatable bonds is 1. The molecule has 2 atom stereocenters. The Labute approximate surface area is 57.8 Å². The van der Waals surface area contributed by atoms with E-state index in [0.717, 1.165) is 5.92 Å². The molecule has 1 heteroatoms. The van der Waals surface area contributed by atoms with Crippen LogP contribution in [0.5, 0.6) is 0 Å². The van der Waals surface area contributed by atoms with E-state index in [-0.39, 0.29) is 0 Å². The standard InChI is InChI=1S/C8H15N/c1-7-5-3-4-6-8(7)9-2/h2,7-9H,3-6H2,1H3. The van der Waals surface area contributed by atoms with Crippen LogP contribution in [0.4, 0.5) is 0 Å². The van der Waals surface area contributed by atoms with Gasteiger partial charge in [-0.05, 0) is 18.8 Å². The molecule has 1 rings (SSSR count). The molecule has 0 amide bonds. The van der Waals surface area contributed by atoms with E-state index in [1.54, 1.807) is 0 Å². The minimum absolute atomic E-state index is 0.582. The molecule has 0 spiro atoms. The average molecular weight is 125 g/mol. The Morgan fingerprint density at radius 2 is 2.00 bits per heavy atom. The van der Waals surface area contributed by atoms with Crippen LogP contribution in [0.15, 0.2) is 0 Å². The lowest BCUT2D eigenvalue weighted by Gasteiger charge is -2.27. The topological polar surface area (TPSA) is 12.0 Å². The molecule has 1 nitrogen and oxygen atoms in total. The van der Waals surface area contributed by atoms with Crippen LogP contribution in [0.3, 0.4) is 0 Å². The van der Waals surface area contributed by atoms with Crippen LogP contribution in [0.2, 0.25) is 0 Å². The van der Waals surface area contributed by atoms with Gasteiger partial charge in [0, 0.05) is 13.1 Å². The minimum Gasteiger partial charge on any atom is -0.308 e. The van der Waals surface area contributed by atoms with Crippen molar-refractivity contribution in [1.82, 2.24) is 5.32 Å². The zero-order chi connectivity index (χ0) is 6.69. The largest absolute Gasteiger partial charge is 0.308 e. The van der Waals surface area contributed by atoms with E-state index in [1.165, 1.54) is 25.7 Å². The molecule has 2 unspecified atom stereocenters. The van der Waals surface area contributed by atoms with Gasteiger partial charge in [-0.3, -0.25) is 0 Å². The zero-order valence-corrected chi connectivity index (χ0v) is 6.06. The fraction of sp³-hybridized carbons (Fsp3) is 0.875.